The Hall–Kier alpha value is 0.0300. The molecular formula is C24H52NO3S-. The lowest BCUT2D eigenvalue weighted by atomic mass is 10.1. The molecule has 0 fully saturated rings. The molecule has 0 amide bonds. The number of nitrogens with zero attached hydrogens (tertiary/aromatic N) is 1. The molecule has 0 aromatic heterocycles. The van der Waals surface area contributed by atoms with Crippen molar-refractivity contribution in [1.29, 1.82) is 0 Å². The lowest BCUT2D eigenvalue weighted by molar-refractivity contribution is -0.929. The fraction of sp³-hybridized carbons (Fsp3) is 1.00. The Morgan fingerprint density at radius 1 is 0.483 bits per heavy atom. The van der Waals surface area contributed by atoms with Crippen molar-refractivity contribution in [2.45, 2.75) is 130 Å². The standard InChI is InChI=1S/C24H52N.H2O3S/c1-5-9-13-17-21-25(22-18-14-10-6-2,23-19-15-11-7-3)24-20-16-12-8-4;1-4(2)3/h5-24H2,1-4H3;(H2,1,2,3)/q+1;/p-2. The van der Waals surface area contributed by atoms with Crippen LogP contribution in [-0.4, -0.2) is 44.0 Å². The predicted molar refractivity (Wildman–Crippen MR) is 126 cm³/mol. The molecule has 0 aromatic rings. The highest BCUT2D eigenvalue weighted by Gasteiger charge is 2.25. The first kappa shape index (κ1) is 31.2. The van der Waals surface area contributed by atoms with Crippen molar-refractivity contribution in [3.8, 4) is 0 Å². The van der Waals surface area contributed by atoms with E-state index in [1.54, 1.807) is 0 Å². The molecule has 5 heteroatoms. The van der Waals surface area contributed by atoms with E-state index < -0.39 is 11.4 Å². The fourth-order valence-electron chi connectivity index (χ4n) is 4.17. The maximum atomic E-state index is 8.44. The van der Waals surface area contributed by atoms with Crippen molar-refractivity contribution in [3.63, 3.8) is 0 Å². The summed E-state index contributed by atoms with van der Waals surface area (Å²) in [7, 11) is 0. The second-order valence-corrected chi connectivity index (χ2v) is 9.09. The lowest BCUT2D eigenvalue weighted by Gasteiger charge is -2.39. The quantitative estimate of drug-likeness (QED) is 0.116. The normalized spacial score (nSPS) is 11.6. The van der Waals surface area contributed by atoms with Gasteiger partial charge in [0.15, 0.2) is 0 Å². The van der Waals surface area contributed by atoms with E-state index in [0.717, 1.165) is 0 Å². The van der Waals surface area contributed by atoms with Crippen LogP contribution < -0.4 is 0 Å². The van der Waals surface area contributed by atoms with Gasteiger partial charge in [-0.2, -0.15) is 0 Å². The van der Waals surface area contributed by atoms with Crippen molar-refractivity contribution < 1.29 is 17.8 Å². The van der Waals surface area contributed by atoms with Crippen LogP contribution in [0.25, 0.3) is 0 Å². The van der Waals surface area contributed by atoms with Crippen LogP contribution in [0.4, 0.5) is 0 Å². The van der Waals surface area contributed by atoms with E-state index in [9.17, 15) is 0 Å². The van der Waals surface area contributed by atoms with Gasteiger partial charge in [0.2, 0.25) is 0 Å². The maximum absolute atomic E-state index is 8.44. The highest BCUT2D eigenvalue weighted by Crippen LogP contribution is 2.19. The van der Waals surface area contributed by atoms with Crippen molar-refractivity contribution in [1.82, 2.24) is 0 Å². The molecule has 0 saturated heterocycles. The lowest BCUT2D eigenvalue weighted by Crippen LogP contribution is -2.50. The summed E-state index contributed by atoms with van der Waals surface area (Å²) < 4.78 is 26.8. The van der Waals surface area contributed by atoms with Gasteiger partial charge in [-0.3, -0.25) is 4.21 Å². The zero-order valence-corrected chi connectivity index (χ0v) is 21.0. The number of hydrogen-bond donors (Lipinski definition) is 0. The Bertz CT molecular complexity index is 283. The Balaban J connectivity index is 0. The molecule has 0 saturated carbocycles. The Morgan fingerprint density at radius 3 is 0.862 bits per heavy atom. The van der Waals surface area contributed by atoms with Gasteiger partial charge in [-0.1, -0.05) is 79.1 Å². The van der Waals surface area contributed by atoms with Gasteiger partial charge in [0.25, 0.3) is 0 Å². The summed E-state index contributed by atoms with van der Waals surface area (Å²) in [5.74, 6) is 0. The van der Waals surface area contributed by atoms with Gasteiger partial charge in [0.05, 0.1) is 26.2 Å². The number of quaternary nitrogens is 1. The summed E-state index contributed by atoms with van der Waals surface area (Å²) in [6.07, 6.45) is 22.8. The summed E-state index contributed by atoms with van der Waals surface area (Å²) in [4.78, 5) is 0. The highest BCUT2D eigenvalue weighted by atomic mass is 32.2. The Labute approximate surface area is 185 Å². The zero-order valence-electron chi connectivity index (χ0n) is 20.2. The molecule has 4 nitrogen and oxygen atoms in total. The van der Waals surface area contributed by atoms with Gasteiger partial charge in [-0.15, -0.1) is 11.4 Å². The van der Waals surface area contributed by atoms with Crippen LogP contribution in [-0.2, 0) is 11.4 Å². The minimum absolute atomic E-state index is 1.36. The van der Waals surface area contributed by atoms with Crippen molar-refractivity contribution >= 4 is 11.4 Å². The summed E-state index contributed by atoms with van der Waals surface area (Å²) >= 11 is -3.11. The van der Waals surface area contributed by atoms with Gasteiger partial charge in [-0.05, 0) is 51.4 Å². The maximum Gasteiger partial charge on any atom is 0.0786 e. The third-order valence-electron chi connectivity index (χ3n) is 5.94. The van der Waals surface area contributed by atoms with Crippen molar-refractivity contribution in [3.05, 3.63) is 0 Å². The van der Waals surface area contributed by atoms with Crippen molar-refractivity contribution in [2.24, 2.45) is 0 Å². The molecule has 0 aliphatic heterocycles. The van der Waals surface area contributed by atoms with E-state index in [-0.39, 0.29) is 0 Å². The summed E-state index contributed by atoms with van der Waals surface area (Å²) in [5.41, 5.74) is 0. The van der Waals surface area contributed by atoms with E-state index in [0.29, 0.717) is 0 Å². The summed E-state index contributed by atoms with van der Waals surface area (Å²) in [6, 6.07) is 0. The van der Waals surface area contributed by atoms with Crippen molar-refractivity contribution in [2.75, 3.05) is 26.2 Å². The molecule has 0 N–H and O–H groups in total. The molecule has 0 spiro atoms. The number of hydrogen-bond acceptors (Lipinski definition) is 3. The second kappa shape index (κ2) is 24.3. The molecule has 0 aliphatic rings. The highest BCUT2D eigenvalue weighted by molar-refractivity contribution is 7.72. The molecule has 0 aromatic carbocycles. The van der Waals surface area contributed by atoms with Crippen LogP contribution >= 0.6 is 0 Å². The molecule has 0 bridgehead atoms. The van der Waals surface area contributed by atoms with Gasteiger partial charge in [0, 0.05) is 0 Å². The largest absolute Gasteiger partial charge is 0.784 e. The zero-order chi connectivity index (χ0) is 22.2. The third kappa shape index (κ3) is 24.2. The number of rotatable bonds is 20. The van der Waals surface area contributed by atoms with Gasteiger partial charge in [-0.25, -0.2) is 0 Å². The second-order valence-electron chi connectivity index (χ2n) is 8.68. The van der Waals surface area contributed by atoms with E-state index in [2.05, 4.69) is 27.7 Å². The third-order valence-corrected chi connectivity index (χ3v) is 5.94. The monoisotopic (exact) mass is 434 g/mol. The minimum Gasteiger partial charge on any atom is -0.784 e. The minimum atomic E-state index is -3.11. The van der Waals surface area contributed by atoms with E-state index in [1.165, 1.54) is 133 Å². The molecular weight excluding hydrogens is 382 g/mol. The van der Waals surface area contributed by atoms with Crippen LogP contribution in [0, 0.1) is 0 Å². The predicted octanol–water partition coefficient (Wildman–Crippen LogP) is 7.12. The van der Waals surface area contributed by atoms with E-state index in [4.69, 9.17) is 13.3 Å². The van der Waals surface area contributed by atoms with Gasteiger partial charge in [0.1, 0.15) is 0 Å². The first-order valence-electron chi connectivity index (χ1n) is 12.6. The van der Waals surface area contributed by atoms with Crippen LogP contribution in [0.1, 0.15) is 130 Å². The van der Waals surface area contributed by atoms with Crippen LogP contribution in [0.15, 0.2) is 0 Å². The topological polar surface area (TPSA) is 63.2 Å². The van der Waals surface area contributed by atoms with E-state index >= 15 is 0 Å². The first-order chi connectivity index (χ1) is 14.0. The molecule has 0 aliphatic carbocycles. The summed E-state index contributed by atoms with van der Waals surface area (Å²) in [6.45, 7) is 15.2. The van der Waals surface area contributed by atoms with Gasteiger partial charge < -0.3 is 13.6 Å². The number of unbranched alkanes of at least 4 members (excludes halogenated alkanes) is 12. The van der Waals surface area contributed by atoms with Crippen LogP contribution in [0.2, 0.25) is 0 Å². The molecule has 0 radical (unpaired) electrons. The smallest absolute Gasteiger partial charge is 0.0786 e. The summed E-state index contributed by atoms with van der Waals surface area (Å²) in [5, 5.41) is 0. The average Bonchev–Trinajstić information content (AvgIpc) is 2.69. The molecule has 29 heavy (non-hydrogen) atoms. The molecule has 0 atom stereocenters. The van der Waals surface area contributed by atoms with E-state index in [1.807, 2.05) is 0 Å². The first-order valence-corrected chi connectivity index (χ1v) is 13.6. The van der Waals surface area contributed by atoms with Crippen LogP contribution in [0.3, 0.4) is 0 Å². The molecule has 0 rings (SSSR count). The molecule has 0 heterocycles. The molecule has 178 valence electrons. The van der Waals surface area contributed by atoms with Gasteiger partial charge >= 0.3 is 0 Å². The Morgan fingerprint density at radius 2 is 0.690 bits per heavy atom. The SMILES string of the molecule is CCCCCC[N+](CCCCCC)(CCCCCC)CCCCCC.O=S([O-])[O-]. The van der Waals surface area contributed by atoms with Crippen LogP contribution in [0.5, 0.6) is 0 Å². The fourth-order valence-corrected chi connectivity index (χ4v) is 4.17. The Kier molecular flexibility index (Phi) is 26.2. The average molecular weight is 435 g/mol. The molecule has 0 unspecified atom stereocenters.